The van der Waals surface area contributed by atoms with E-state index in [0.29, 0.717) is 12.1 Å². The number of esters is 1. The Bertz CT molecular complexity index is 909. The van der Waals surface area contributed by atoms with Crippen LogP contribution in [0.4, 0.5) is 11.4 Å². The van der Waals surface area contributed by atoms with Crippen molar-refractivity contribution in [1.29, 1.82) is 0 Å². The van der Waals surface area contributed by atoms with Gasteiger partial charge in [0.25, 0.3) is 15.7 Å². The molecular formula is C17H18N2O6S. The maximum atomic E-state index is 13.1. The summed E-state index contributed by atoms with van der Waals surface area (Å²) in [6.45, 7) is 1.36. The van der Waals surface area contributed by atoms with Crippen LogP contribution in [0.2, 0.25) is 0 Å². The number of nitrogens with zero attached hydrogens (tertiary/aromatic N) is 2. The Morgan fingerprint density at radius 3 is 2.31 bits per heavy atom. The predicted molar refractivity (Wildman–Crippen MR) is 95.5 cm³/mol. The molecule has 2 aromatic rings. The highest BCUT2D eigenvalue weighted by Crippen LogP contribution is 2.28. The van der Waals surface area contributed by atoms with Crippen molar-refractivity contribution in [3.05, 3.63) is 64.2 Å². The van der Waals surface area contributed by atoms with Gasteiger partial charge in [-0.15, -0.1) is 0 Å². The Kier molecular flexibility index (Phi) is 5.93. The molecule has 0 heterocycles. The van der Waals surface area contributed by atoms with Crippen molar-refractivity contribution >= 4 is 27.4 Å². The Hall–Kier alpha value is -2.94. The summed E-state index contributed by atoms with van der Waals surface area (Å²) in [6.07, 6.45) is 0.559. The van der Waals surface area contributed by atoms with Crippen LogP contribution < -0.4 is 4.31 Å². The maximum absolute atomic E-state index is 13.1. The molecule has 0 fully saturated rings. The van der Waals surface area contributed by atoms with Gasteiger partial charge in [-0.05, 0) is 30.2 Å². The van der Waals surface area contributed by atoms with E-state index in [1.165, 1.54) is 7.11 Å². The van der Waals surface area contributed by atoms with Crippen LogP contribution in [-0.2, 0) is 26.0 Å². The summed E-state index contributed by atoms with van der Waals surface area (Å²) < 4.78 is 31.7. The average Bonchev–Trinajstić information content (AvgIpc) is 2.65. The lowest BCUT2D eigenvalue weighted by Gasteiger charge is -2.25. The highest BCUT2D eigenvalue weighted by molar-refractivity contribution is 7.92. The largest absolute Gasteiger partial charge is 0.468 e. The Morgan fingerprint density at radius 1 is 1.15 bits per heavy atom. The smallest absolute Gasteiger partial charge is 0.326 e. The van der Waals surface area contributed by atoms with Crippen molar-refractivity contribution in [2.45, 2.75) is 18.2 Å². The second-order valence-corrected chi connectivity index (χ2v) is 7.18. The van der Waals surface area contributed by atoms with Crippen molar-refractivity contribution < 1.29 is 22.9 Å². The van der Waals surface area contributed by atoms with Gasteiger partial charge in [-0.1, -0.05) is 25.1 Å². The molecule has 0 saturated carbocycles. The number of methoxy groups -OCH3 is 1. The fourth-order valence-electron chi connectivity index (χ4n) is 2.40. The zero-order valence-electron chi connectivity index (χ0n) is 14.3. The molecule has 0 unspecified atom stereocenters. The van der Waals surface area contributed by atoms with Crippen molar-refractivity contribution in [2.24, 2.45) is 0 Å². The van der Waals surface area contributed by atoms with Crippen molar-refractivity contribution in [1.82, 2.24) is 0 Å². The molecule has 0 atom stereocenters. The number of ether oxygens (including phenoxy) is 1. The Morgan fingerprint density at radius 2 is 1.77 bits per heavy atom. The fraction of sp³-hybridized carbons (Fsp3) is 0.235. The van der Waals surface area contributed by atoms with Gasteiger partial charge in [0.2, 0.25) is 0 Å². The second-order valence-electron chi connectivity index (χ2n) is 5.32. The topological polar surface area (TPSA) is 107 Å². The van der Waals surface area contributed by atoms with Gasteiger partial charge in [-0.25, -0.2) is 8.42 Å². The predicted octanol–water partition coefficient (Wildman–Crippen LogP) is 2.53. The fourth-order valence-corrected chi connectivity index (χ4v) is 3.85. The number of hydrogen-bond donors (Lipinski definition) is 0. The molecule has 0 aliphatic heterocycles. The van der Waals surface area contributed by atoms with E-state index < -0.39 is 27.5 Å². The molecule has 0 aliphatic rings. The number of rotatable bonds is 7. The lowest BCUT2D eigenvalue weighted by atomic mass is 10.1. The molecule has 0 amide bonds. The van der Waals surface area contributed by atoms with Gasteiger partial charge < -0.3 is 4.74 Å². The van der Waals surface area contributed by atoms with Crippen LogP contribution in [0.3, 0.4) is 0 Å². The summed E-state index contributed by atoms with van der Waals surface area (Å²) in [7, 11) is -2.95. The molecule has 0 radical (unpaired) electrons. The molecule has 2 rings (SSSR count). The van der Waals surface area contributed by atoms with E-state index in [9.17, 15) is 23.3 Å². The van der Waals surface area contributed by atoms with Gasteiger partial charge in [0, 0.05) is 12.1 Å². The van der Waals surface area contributed by atoms with Crippen LogP contribution in [-0.4, -0.2) is 33.0 Å². The van der Waals surface area contributed by atoms with Crippen LogP contribution in [0, 0.1) is 10.1 Å². The molecule has 0 aliphatic carbocycles. The first kappa shape index (κ1) is 19.4. The zero-order chi connectivity index (χ0) is 19.3. The molecule has 0 N–H and O–H groups in total. The average molecular weight is 378 g/mol. The molecule has 0 bridgehead atoms. The number of non-ortho nitro benzene ring substituents is 1. The van der Waals surface area contributed by atoms with Gasteiger partial charge in [-0.2, -0.15) is 0 Å². The van der Waals surface area contributed by atoms with Crippen LogP contribution in [0.15, 0.2) is 53.4 Å². The number of aryl methyl sites for hydroxylation is 1. The SMILES string of the molecule is CCc1ccccc1N(CC(=O)OC)S(=O)(=O)c1ccc([N+](=O)[O-])cc1. The van der Waals surface area contributed by atoms with E-state index in [1.54, 1.807) is 24.3 Å². The minimum Gasteiger partial charge on any atom is -0.468 e. The molecule has 9 heteroatoms. The monoisotopic (exact) mass is 378 g/mol. The summed E-state index contributed by atoms with van der Waals surface area (Å²) in [5.74, 6) is -0.721. The molecule has 0 saturated heterocycles. The lowest BCUT2D eigenvalue weighted by molar-refractivity contribution is -0.384. The normalized spacial score (nSPS) is 11.0. The number of anilines is 1. The third-order valence-corrected chi connectivity index (χ3v) is 5.55. The van der Waals surface area contributed by atoms with Gasteiger partial charge in [0.05, 0.1) is 22.6 Å². The van der Waals surface area contributed by atoms with E-state index >= 15 is 0 Å². The third-order valence-electron chi connectivity index (χ3n) is 3.78. The molecule has 138 valence electrons. The molecule has 8 nitrogen and oxygen atoms in total. The first-order chi connectivity index (χ1) is 12.3. The van der Waals surface area contributed by atoms with Crippen molar-refractivity contribution in [3.63, 3.8) is 0 Å². The van der Waals surface area contributed by atoms with Crippen LogP contribution in [0.1, 0.15) is 12.5 Å². The highest BCUT2D eigenvalue weighted by Gasteiger charge is 2.29. The summed E-state index contributed by atoms with van der Waals surface area (Å²) >= 11 is 0. The highest BCUT2D eigenvalue weighted by atomic mass is 32.2. The maximum Gasteiger partial charge on any atom is 0.326 e. The first-order valence-corrected chi connectivity index (χ1v) is 9.17. The minimum absolute atomic E-state index is 0.155. The number of hydrogen-bond acceptors (Lipinski definition) is 6. The minimum atomic E-state index is -4.12. The molecule has 26 heavy (non-hydrogen) atoms. The second kappa shape index (κ2) is 7.96. The van der Waals surface area contributed by atoms with Crippen molar-refractivity contribution in [2.75, 3.05) is 18.0 Å². The number of para-hydroxylation sites is 1. The van der Waals surface area contributed by atoms with E-state index in [0.717, 1.165) is 34.1 Å². The molecule has 0 spiro atoms. The number of nitro benzene ring substituents is 1. The van der Waals surface area contributed by atoms with E-state index in [-0.39, 0.29) is 10.6 Å². The summed E-state index contributed by atoms with van der Waals surface area (Å²) in [5.41, 5.74) is 0.873. The van der Waals surface area contributed by atoms with Gasteiger partial charge >= 0.3 is 5.97 Å². The molecule has 2 aromatic carbocycles. The standard InChI is InChI=1S/C17H18N2O6S/c1-3-13-6-4-5-7-16(13)18(12-17(20)25-2)26(23,24)15-10-8-14(9-11-15)19(21)22/h4-11H,3,12H2,1-2H3. The summed E-state index contributed by atoms with van der Waals surface area (Å²) in [5, 5.41) is 10.8. The molecule has 0 aromatic heterocycles. The number of carbonyl (C=O) groups excluding carboxylic acids is 1. The number of benzene rings is 2. The number of nitro groups is 1. The van der Waals surface area contributed by atoms with Crippen LogP contribution >= 0.6 is 0 Å². The van der Waals surface area contributed by atoms with Crippen molar-refractivity contribution in [3.8, 4) is 0 Å². The Balaban J connectivity index is 2.56. The van der Waals surface area contributed by atoms with E-state index in [2.05, 4.69) is 4.74 Å². The quantitative estimate of drug-likeness (QED) is 0.416. The Labute approximate surface area is 151 Å². The van der Waals surface area contributed by atoms with Crippen LogP contribution in [0.5, 0.6) is 0 Å². The van der Waals surface area contributed by atoms with Gasteiger partial charge in [0.1, 0.15) is 6.54 Å². The zero-order valence-corrected chi connectivity index (χ0v) is 15.1. The lowest BCUT2D eigenvalue weighted by Crippen LogP contribution is -2.37. The van der Waals surface area contributed by atoms with Gasteiger partial charge in [-0.3, -0.25) is 19.2 Å². The summed E-state index contributed by atoms with van der Waals surface area (Å²) in [6, 6.07) is 11.3. The number of carbonyl (C=O) groups is 1. The summed E-state index contributed by atoms with van der Waals surface area (Å²) in [4.78, 5) is 21.8. The van der Waals surface area contributed by atoms with Crippen LogP contribution in [0.25, 0.3) is 0 Å². The third kappa shape index (κ3) is 3.99. The van der Waals surface area contributed by atoms with Gasteiger partial charge in [0.15, 0.2) is 0 Å². The van der Waals surface area contributed by atoms with E-state index in [1.807, 2.05) is 6.92 Å². The first-order valence-electron chi connectivity index (χ1n) is 7.73. The molecular weight excluding hydrogens is 360 g/mol. The number of sulfonamides is 1. The van der Waals surface area contributed by atoms with E-state index in [4.69, 9.17) is 0 Å².